The van der Waals surface area contributed by atoms with Gasteiger partial charge < -0.3 is 10.8 Å². The van der Waals surface area contributed by atoms with E-state index in [4.69, 9.17) is 10.8 Å². The van der Waals surface area contributed by atoms with E-state index in [1.165, 1.54) is 12.8 Å². The van der Waals surface area contributed by atoms with Crippen LogP contribution in [0, 0.1) is 11.8 Å². The summed E-state index contributed by atoms with van der Waals surface area (Å²) >= 11 is 0. The fourth-order valence-electron chi connectivity index (χ4n) is 1.60. The summed E-state index contributed by atoms with van der Waals surface area (Å²) in [6.45, 7) is 6.37. The molecule has 0 saturated heterocycles. The highest BCUT2D eigenvalue weighted by atomic mass is 16.4. The van der Waals surface area contributed by atoms with Crippen LogP contribution >= 0.6 is 0 Å². The zero-order valence-electron chi connectivity index (χ0n) is 9.49. The van der Waals surface area contributed by atoms with Crippen LogP contribution in [0.2, 0.25) is 0 Å². The van der Waals surface area contributed by atoms with Crippen molar-refractivity contribution in [3.63, 3.8) is 0 Å². The molecule has 84 valence electrons. The summed E-state index contributed by atoms with van der Waals surface area (Å²) < 4.78 is 0. The minimum atomic E-state index is -0.799. The standard InChI is InChI=1S/C11H23NO2/c1-4-5-6-8(2)9(3)10(12)7-11(13)14/h8-10H,4-7,12H2,1-3H3,(H,13,14)/t8-,9+,10+/m0/s1. The van der Waals surface area contributed by atoms with Gasteiger partial charge in [0, 0.05) is 6.04 Å². The number of hydrogen-bond donors (Lipinski definition) is 2. The molecule has 0 spiro atoms. The van der Waals surface area contributed by atoms with Crippen LogP contribution in [-0.4, -0.2) is 17.1 Å². The highest BCUT2D eigenvalue weighted by Gasteiger charge is 2.21. The lowest BCUT2D eigenvalue weighted by molar-refractivity contribution is -0.137. The molecule has 0 rings (SSSR count). The number of hydrogen-bond acceptors (Lipinski definition) is 2. The van der Waals surface area contributed by atoms with Gasteiger partial charge >= 0.3 is 5.97 Å². The molecule has 0 aliphatic carbocycles. The van der Waals surface area contributed by atoms with E-state index in [0.29, 0.717) is 5.92 Å². The van der Waals surface area contributed by atoms with E-state index in [1.54, 1.807) is 0 Å². The maximum Gasteiger partial charge on any atom is 0.304 e. The molecule has 0 fully saturated rings. The summed E-state index contributed by atoms with van der Waals surface area (Å²) in [6.07, 6.45) is 3.61. The fourth-order valence-corrected chi connectivity index (χ4v) is 1.60. The van der Waals surface area contributed by atoms with Gasteiger partial charge in [0.2, 0.25) is 0 Å². The van der Waals surface area contributed by atoms with Crippen LogP contribution in [0.5, 0.6) is 0 Å². The third-order valence-electron chi connectivity index (χ3n) is 3.00. The fraction of sp³-hybridized carbons (Fsp3) is 0.909. The van der Waals surface area contributed by atoms with Crippen LogP contribution in [0.3, 0.4) is 0 Å². The van der Waals surface area contributed by atoms with Crippen LogP contribution in [0.4, 0.5) is 0 Å². The Labute approximate surface area is 86.7 Å². The minimum Gasteiger partial charge on any atom is -0.481 e. The van der Waals surface area contributed by atoms with Gasteiger partial charge in [0.15, 0.2) is 0 Å². The zero-order chi connectivity index (χ0) is 11.1. The molecule has 0 aromatic carbocycles. The number of carbonyl (C=O) groups is 1. The van der Waals surface area contributed by atoms with Crippen molar-refractivity contribution in [2.75, 3.05) is 0 Å². The summed E-state index contributed by atoms with van der Waals surface area (Å²) in [6, 6.07) is -0.209. The molecule has 0 amide bonds. The van der Waals surface area contributed by atoms with Crippen LogP contribution in [0.1, 0.15) is 46.5 Å². The SMILES string of the molecule is CCCC[C@H](C)[C@@H](C)[C@H](N)CC(=O)O. The van der Waals surface area contributed by atoms with Gasteiger partial charge in [0.05, 0.1) is 6.42 Å². The summed E-state index contributed by atoms with van der Waals surface area (Å²) in [5, 5.41) is 8.61. The molecule has 0 radical (unpaired) electrons. The van der Waals surface area contributed by atoms with Gasteiger partial charge in [-0.1, -0.05) is 40.0 Å². The summed E-state index contributed by atoms with van der Waals surface area (Å²) in [7, 11) is 0. The molecule has 0 bridgehead atoms. The lowest BCUT2D eigenvalue weighted by Gasteiger charge is -2.24. The Morgan fingerprint density at radius 1 is 1.43 bits per heavy atom. The Bertz CT molecular complexity index is 171. The van der Waals surface area contributed by atoms with Crippen molar-refractivity contribution >= 4 is 5.97 Å². The van der Waals surface area contributed by atoms with E-state index in [-0.39, 0.29) is 18.4 Å². The average Bonchev–Trinajstić information content (AvgIpc) is 2.11. The van der Waals surface area contributed by atoms with Crippen LogP contribution < -0.4 is 5.73 Å². The molecule has 0 unspecified atom stereocenters. The molecular weight excluding hydrogens is 178 g/mol. The van der Waals surface area contributed by atoms with E-state index < -0.39 is 5.97 Å². The van der Waals surface area contributed by atoms with Gasteiger partial charge in [-0.15, -0.1) is 0 Å². The smallest absolute Gasteiger partial charge is 0.304 e. The molecule has 3 nitrogen and oxygen atoms in total. The maximum atomic E-state index is 10.5. The molecule has 0 heterocycles. The largest absolute Gasteiger partial charge is 0.481 e. The Kier molecular flexibility index (Phi) is 6.54. The molecule has 3 atom stereocenters. The molecule has 3 N–H and O–H groups in total. The van der Waals surface area contributed by atoms with E-state index in [9.17, 15) is 4.79 Å². The van der Waals surface area contributed by atoms with Crippen LogP contribution in [-0.2, 0) is 4.79 Å². The van der Waals surface area contributed by atoms with Crippen LogP contribution in [0.15, 0.2) is 0 Å². The molecule has 0 aliphatic rings. The van der Waals surface area contributed by atoms with Crippen molar-refractivity contribution in [1.82, 2.24) is 0 Å². The average molecular weight is 201 g/mol. The van der Waals surface area contributed by atoms with Crippen molar-refractivity contribution in [1.29, 1.82) is 0 Å². The Balaban J connectivity index is 3.89. The maximum absolute atomic E-state index is 10.5. The molecule has 3 heteroatoms. The number of rotatable bonds is 7. The van der Waals surface area contributed by atoms with Gasteiger partial charge in [-0.25, -0.2) is 0 Å². The normalized spacial score (nSPS) is 17.4. The van der Waals surface area contributed by atoms with Gasteiger partial charge in [0.25, 0.3) is 0 Å². The van der Waals surface area contributed by atoms with Gasteiger partial charge in [0.1, 0.15) is 0 Å². The summed E-state index contributed by atoms with van der Waals surface area (Å²) in [4.78, 5) is 10.5. The second kappa shape index (κ2) is 6.82. The Morgan fingerprint density at radius 2 is 2.00 bits per heavy atom. The topological polar surface area (TPSA) is 63.3 Å². The van der Waals surface area contributed by atoms with E-state index in [2.05, 4.69) is 13.8 Å². The zero-order valence-corrected chi connectivity index (χ0v) is 9.49. The number of carboxylic acid groups (broad SMARTS) is 1. The van der Waals surface area contributed by atoms with Crippen molar-refractivity contribution in [2.45, 2.75) is 52.5 Å². The first kappa shape index (κ1) is 13.4. The van der Waals surface area contributed by atoms with Crippen molar-refractivity contribution < 1.29 is 9.90 Å². The molecule has 0 aromatic rings. The van der Waals surface area contributed by atoms with Gasteiger partial charge in [-0.05, 0) is 11.8 Å². The first-order valence-corrected chi connectivity index (χ1v) is 5.46. The summed E-state index contributed by atoms with van der Waals surface area (Å²) in [5.41, 5.74) is 5.81. The molecule has 14 heavy (non-hydrogen) atoms. The molecule has 0 aliphatic heterocycles. The molecule has 0 aromatic heterocycles. The Morgan fingerprint density at radius 3 is 2.43 bits per heavy atom. The quantitative estimate of drug-likeness (QED) is 0.664. The number of nitrogens with two attached hydrogens (primary N) is 1. The highest BCUT2D eigenvalue weighted by Crippen LogP contribution is 2.21. The lowest BCUT2D eigenvalue weighted by Crippen LogP contribution is -2.34. The van der Waals surface area contributed by atoms with E-state index >= 15 is 0 Å². The minimum absolute atomic E-state index is 0.0810. The second-order valence-electron chi connectivity index (χ2n) is 4.24. The second-order valence-corrected chi connectivity index (χ2v) is 4.24. The highest BCUT2D eigenvalue weighted by molar-refractivity contribution is 5.67. The third kappa shape index (κ3) is 5.22. The molecule has 0 saturated carbocycles. The Hall–Kier alpha value is -0.570. The van der Waals surface area contributed by atoms with E-state index in [1.807, 2.05) is 6.92 Å². The number of carboxylic acids is 1. The molecular formula is C11H23NO2. The first-order chi connectivity index (χ1) is 6.49. The number of aliphatic carboxylic acids is 1. The van der Waals surface area contributed by atoms with Crippen molar-refractivity contribution in [3.8, 4) is 0 Å². The predicted octanol–water partition coefficient (Wildman–Crippen LogP) is 2.25. The summed E-state index contributed by atoms with van der Waals surface area (Å²) in [5.74, 6) is 0.00833. The monoisotopic (exact) mass is 201 g/mol. The van der Waals surface area contributed by atoms with Gasteiger partial charge in [-0.3, -0.25) is 4.79 Å². The number of unbranched alkanes of at least 4 members (excludes halogenated alkanes) is 1. The van der Waals surface area contributed by atoms with Crippen LogP contribution in [0.25, 0.3) is 0 Å². The van der Waals surface area contributed by atoms with Gasteiger partial charge in [-0.2, -0.15) is 0 Å². The third-order valence-corrected chi connectivity index (χ3v) is 3.00. The lowest BCUT2D eigenvalue weighted by atomic mass is 9.84. The van der Waals surface area contributed by atoms with Crippen molar-refractivity contribution in [2.24, 2.45) is 17.6 Å². The first-order valence-electron chi connectivity index (χ1n) is 5.46. The van der Waals surface area contributed by atoms with Crippen molar-refractivity contribution in [3.05, 3.63) is 0 Å². The predicted molar refractivity (Wildman–Crippen MR) is 58.1 cm³/mol. The van der Waals surface area contributed by atoms with E-state index in [0.717, 1.165) is 6.42 Å².